The Morgan fingerprint density at radius 2 is 1.50 bits per heavy atom. The summed E-state index contributed by atoms with van der Waals surface area (Å²) in [7, 11) is 0. The van der Waals surface area contributed by atoms with E-state index in [2.05, 4.69) is 51.1 Å². The lowest BCUT2D eigenvalue weighted by Crippen LogP contribution is -1.89. The predicted octanol–water partition coefficient (Wildman–Crippen LogP) is 3.80. The molecular weight excluding hydrogens is 252 g/mol. The quantitative estimate of drug-likeness (QED) is 0.582. The minimum atomic E-state index is 0.500. The van der Waals surface area contributed by atoms with Gasteiger partial charge in [-0.15, -0.1) is 0 Å². The largest absolute Gasteiger partial charge is 0.724 e. The van der Waals surface area contributed by atoms with Crippen molar-refractivity contribution in [1.29, 1.82) is 0 Å². The summed E-state index contributed by atoms with van der Waals surface area (Å²) >= 11 is 0. The van der Waals surface area contributed by atoms with Gasteiger partial charge in [0.15, 0.2) is 0 Å². The first-order chi connectivity index (χ1) is 9.55. The van der Waals surface area contributed by atoms with E-state index in [1.165, 1.54) is 27.5 Å². The Morgan fingerprint density at radius 3 is 2.00 bits per heavy atom. The number of benzene rings is 2. The van der Waals surface area contributed by atoms with Crippen LogP contribution in [-0.2, 0) is 16.0 Å². The van der Waals surface area contributed by atoms with Gasteiger partial charge < -0.3 is 10.8 Å². The Balaban J connectivity index is 0.000000520. The highest BCUT2D eigenvalue weighted by molar-refractivity contribution is 5.87. The van der Waals surface area contributed by atoms with Crippen molar-refractivity contribution < 1.29 is 9.59 Å². The zero-order chi connectivity index (χ0) is 15.5. The molecule has 0 aliphatic carbocycles. The van der Waals surface area contributed by atoms with Crippen molar-refractivity contribution in [2.24, 2.45) is 0 Å². The maximum Gasteiger partial charge on any atom is -0.0147 e. The molecule has 0 amide bonds. The van der Waals surface area contributed by atoms with Crippen molar-refractivity contribution in [3.05, 3.63) is 57.8 Å². The van der Waals surface area contributed by atoms with E-state index < -0.39 is 0 Å². The minimum Gasteiger partial charge on any atom is -0.724 e. The second kappa shape index (κ2) is 9.40. The fraction of sp³-hybridized carbons (Fsp3) is 0.250. The fourth-order valence-corrected chi connectivity index (χ4v) is 2.07. The zero-order valence-corrected chi connectivity index (χ0v) is 11.8. The molecule has 0 radical (unpaired) electrons. The number of isocyanates is 2. The molecule has 2 rings (SSSR count). The summed E-state index contributed by atoms with van der Waals surface area (Å²) in [4.78, 5) is 16.5. The number of hydrogen-bond donors (Lipinski definition) is 0. The molecule has 0 bridgehead atoms. The third-order valence-corrected chi connectivity index (χ3v) is 2.88. The van der Waals surface area contributed by atoms with Gasteiger partial charge in [0.05, 0.1) is 0 Å². The normalized spacial score (nSPS) is 8.35. The molecule has 0 spiro atoms. The number of nitrogens with zero attached hydrogens (tertiary/aromatic N) is 2. The van der Waals surface area contributed by atoms with Crippen LogP contribution >= 0.6 is 0 Å². The maximum atomic E-state index is 8.24. The number of fused-ring (bicyclic) bond motifs is 1. The monoisotopic (exact) mass is 268 g/mol. The van der Waals surface area contributed by atoms with Crippen molar-refractivity contribution in [1.82, 2.24) is 0 Å². The van der Waals surface area contributed by atoms with E-state index in [0.717, 1.165) is 6.42 Å². The van der Waals surface area contributed by atoms with Crippen molar-refractivity contribution in [3.8, 4) is 0 Å². The minimum absolute atomic E-state index is 0.500. The van der Waals surface area contributed by atoms with Gasteiger partial charge >= 0.3 is 0 Å². The van der Waals surface area contributed by atoms with E-state index in [9.17, 15) is 0 Å². The molecule has 0 aliphatic heterocycles. The molecule has 4 heteroatoms. The number of aryl methyl sites for hydroxylation is 3. The molecule has 0 atom stereocenters. The molecule has 104 valence electrons. The van der Waals surface area contributed by atoms with Gasteiger partial charge in [-0.1, -0.05) is 42.8 Å². The lowest BCUT2D eigenvalue weighted by Gasteiger charge is -2.08. The van der Waals surface area contributed by atoms with Gasteiger partial charge in [-0.25, -0.2) is 0 Å². The van der Waals surface area contributed by atoms with Crippen molar-refractivity contribution in [2.75, 3.05) is 0 Å². The Kier molecular flexibility index (Phi) is 8.20. The number of rotatable bonds is 1. The zero-order valence-electron chi connectivity index (χ0n) is 11.8. The molecule has 20 heavy (non-hydrogen) atoms. The second-order valence-electron chi connectivity index (χ2n) is 4.12. The van der Waals surface area contributed by atoms with E-state index >= 15 is 0 Å². The van der Waals surface area contributed by atoms with Gasteiger partial charge in [0.25, 0.3) is 0 Å². The first kappa shape index (κ1) is 17.5. The van der Waals surface area contributed by atoms with Gasteiger partial charge in [0.2, 0.25) is 0 Å². The fourth-order valence-electron chi connectivity index (χ4n) is 2.07. The van der Waals surface area contributed by atoms with E-state index in [4.69, 9.17) is 20.4 Å². The molecule has 0 saturated carbocycles. The van der Waals surface area contributed by atoms with Gasteiger partial charge in [0, 0.05) is 0 Å². The Morgan fingerprint density at radius 1 is 1.00 bits per heavy atom. The van der Waals surface area contributed by atoms with Crippen LogP contribution in [-0.4, -0.2) is 12.2 Å². The number of hydrogen-bond acceptors (Lipinski definition) is 2. The Hall–Kier alpha value is -2.54. The van der Waals surface area contributed by atoms with E-state index in [-0.39, 0.29) is 0 Å². The second-order valence-corrected chi connectivity index (χ2v) is 4.12. The van der Waals surface area contributed by atoms with E-state index in [1.807, 2.05) is 0 Å². The first-order valence-electron chi connectivity index (χ1n) is 6.06. The highest BCUT2D eigenvalue weighted by Gasteiger charge is 2.02. The van der Waals surface area contributed by atoms with E-state index in [1.54, 1.807) is 0 Å². The molecule has 0 aliphatic rings. The smallest absolute Gasteiger partial charge is 0.0147 e. The highest BCUT2D eigenvalue weighted by atomic mass is 16.1. The van der Waals surface area contributed by atoms with Crippen LogP contribution in [0.4, 0.5) is 0 Å². The van der Waals surface area contributed by atoms with Crippen LogP contribution in [0, 0.1) is 13.8 Å². The predicted molar refractivity (Wildman–Crippen MR) is 80.9 cm³/mol. The molecular formula is C16H16N2O2-2. The SMILES string of the molecule is CCc1c(C)ccc2ccc(C)cc12.[N-]=C=O.[N-]=C=O. The van der Waals surface area contributed by atoms with Crippen LogP contribution in [0.25, 0.3) is 21.6 Å². The molecule has 2 aromatic carbocycles. The lowest BCUT2D eigenvalue weighted by atomic mass is 9.97. The van der Waals surface area contributed by atoms with Crippen LogP contribution in [0.15, 0.2) is 30.3 Å². The molecule has 4 nitrogen and oxygen atoms in total. The van der Waals surface area contributed by atoms with Crippen LogP contribution in [0.3, 0.4) is 0 Å². The summed E-state index contributed by atoms with van der Waals surface area (Å²) in [6.45, 7) is 6.58. The molecule has 0 heterocycles. The molecule has 2 aromatic rings. The van der Waals surface area contributed by atoms with Crippen LogP contribution < -0.4 is 0 Å². The van der Waals surface area contributed by atoms with Gasteiger partial charge in [-0.3, -0.25) is 9.59 Å². The molecule has 0 N–H and O–H groups in total. The van der Waals surface area contributed by atoms with E-state index in [0.29, 0.717) is 12.2 Å². The van der Waals surface area contributed by atoms with Crippen molar-refractivity contribution in [3.63, 3.8) is 0 Å². The van der Waals surface area contributed by atoms with Crippen LogP contribution in [0.2, 0.25) is 0 Å². The summed E-state index contributed by atoms with van der Waals surface area (Å²) in [5.41, 5.74) is 4.24. The summed E-state index contributed by atoms with van der Waals surface area (Å²) in [6.07, 6.45) is 2.12. The first-order valence-corrected chi connectivity index (χ1v) is 6.06. The summed E-state index contributed by atoms with van der Waals surface area (Å²) in [5, 5.41) is 16.3. The van der Waals surface area contributed by atoms with Gasteiger partial charge in [0.1, 0.15) is 0 Å². The van der Waals surface area contributed by atoms with Crippen molar-refractivity contribution >= 4 is 22.9 Å². The third kappa shape index (κ3) is 4.99. The average molecular weight is 268 g/mol. The number of carbonyl (C=O) groups excluding carboxylic acids is 2. The van der Waals surface area contributed by atoms with Crippen molar-refractivity contribution in [2.45, 2.75) is 27.2 Å². The average Bonchev–Trinajstić information content (AvgIpc) is 2.40. The standard InChI is InChI=1S/C14H16.2CNO/c1-4-13-11(3)6-8-12-7-5-10(2)9-14(12)13;2*2-1-3/h5-9H,4H2,1-3H3;;/q;2*-1. The Labute approximate surface area is 118 Å². The third-order valence-electron chi connectivity index (χ3n) is 2.88. The van der Waals surface area contributed by atoms with Crippen LogP contribution in [0.1, 0.15) is 23.6 Å². The van der Waals surface area contributed by atoms with Gasteiger partial charge in [-0.05, 0) is 54.3 Å². The summed E-state index contributed by atoms with van der Waals surface area (Å²) < 4.78 is 0. The summed E-state index contributed by atoms with van der Waals surface area (Å²) in [5.74, 6) is 0. The topological polar surface area (TPSA) is 78.7 Å². The van der Waals surface area contributed by atoms with Crippen LogP contribution in [0.5, 0.6) is 0 Å². The summed E-state index contributed by atoms with van der Waals surface area (Å²) in [6, 6.07) is 11.1. The Bertz CT molecular complexity index is 619. The molecule has 0 saturated heterocycles. The molecule has 0 fully saturated rings. The molecule has 0 unspecified atom stereocenters. The maximum absolute atomic E-state index is 8.24. The molecule has 0 aromatic heterocycles. The van der Waals surface area contributed by atoms with Gasteiger partial charge in [-0.2, -0.15) is 0 Å². The highest BCUT2D eigenvalue weighted by Crippen LogP contribution is 2.23. The lowest BCUT2D eigenvalue weighted by molar-refractivity contribution is 0.568.